The smallest absolute Gasteiger partial charge is 0.251 e. The summed E-state index contributed by atoms with van der Waals surface area (Å²) in [6.07, 6.45) is 2.54. The van der Waals surface area contributed by atoms with Crippen molar-refractivity contribution in [2.24, 2.45) is 5.11 Å². The molecule has 0 aliphatic heterocycles. The normalized spacial score (nSPS) is 11.5. The Bertz CT molecular complexity index is 543. The van der Waals surface area contributed by atoms with Crippen LogP contribution in [0.3, 0.4) is 0 Å². The van der Waals surface area contributed by atoms with Gasteiger partial charge in [-0.1, -0.05) is 31.9 Å². The van der Waals surface area contributed by atoms with Crippen LogP contribution in [0.5, 0.6) is 0 Å². The second-order valence-corrected chi connectivity index (χ2v) is 4.91. The number of unbranched alkanes of at least 4 members (excludes halogenated alkanes) is 2. The number of amides is 1. The first-order valence-electron chi connectivity index (χ1n) is 6.17. The summed E-state index contributed by atoms with van der Waals surface area (Å²) in [7, 11) is 0. The van der Waals surface area contributed by atoms with Gasteiger partial charge in [0.2, 0.25) is 0 Å². The highest BCUT2D eigenvalue weighted by Crippen LogP contribution is 2.23. The second kappa shape index (κ2) is 8.31. The first-order chi connectivity index (χ1) is 9.61. The molecule has 1 rings (SSSR count). The number of hydrogen-bond acceptors (Lipinski definition) is 3. The van der Waals surface area contributed by atoms with E-state index in [0.29, 0.717) is 6.42 Å². The largest absolute Gasteiger partial charge is 0.755 e. The number of carbonyl (C=O) groups excluding carboxylic acids is 1. The number of para-hydroxylation sites is 1. The third-order valence-corrected chi connectivity index (χ3v) is 3.42. The van der Waals surface area contributed by atoms with Gasteiger partial charge in [0.25, 0.3) is 5.91 Å². The molecule has 0 heterocycles. The SMILES string of the molecule is CCCCCN(c1ccccc1C(=O)N=[N+]=[N-])S(=O)[O-]. The highest BCUT2D eigenvalue weighted by molar-refractivity contribution is 7.80. The van der Waals surface area contributed by atoms with Crippen LogP contribution >= 0.6 is 0 Å². The molecule has 0 N–H and O–H groups in total. The Labute approximate surface area is 119 Å². The summed E-state index contributed by atoms with van der Waals surface area (Å²) in [4.78, 5) is 14.1. The number of anilines is 1. The van der Waals surface area contributed by atoms with Gasteiger partial charge in [-0.05, 0) is 29.2 Å². The zero-order valence-corrected chi connectivity index (χ0v) is 11.9. The van der Waals surface area contributed by atoms with E-state index in [1.54, 1.807) is 12.1 Å². The molecule has 1 aromatic rings. The molecule has 8 heteroatoms. The molecule has 1 atom stereocenters. The monoisotopic (exact) mass is 295 g/mol. The Hall–Kier alpha value is -1.89. The minimum atomic E-state index is -2.49. The van der Waals surface area contributed by atoms with Crippen LogP contribution in [-0.2, 0) is 11.3 Å². The summed E-state index contributed by atoms with van der Waals surface area (Å²) < 4.78 is 23.8. The average Bonchev–Trinajstić information content (AvgIpc) is 2.43. The number of hydrogen-bond donors (Lipinski definition) is 0. The molecule has 20 heavy (non-hydrogen) atoms. The third kappa shape index (κ3) is 4.34. The number of carbonyl (C=O) groups is 1. The Morgan fingerprint density at radius 3 is 2.75 bits per heavy atom. The Morgan fingerprint density at radius 1 is 1.45 bits per heavy atom. The third-order valence-electron chi connectivity index (χ3n) is 2.68. The number of rotatable bonds is 7. The van der Waals surface area contributed by atoms with Gasteiger partial charge in [0.05, 0.1) is 5.69 Å². The van der Waals surface area contributed by atoms with Crippen molar-refractivity contribution in [1.82, 2.24) is 0 Å². The maximum atomic E-state index is 11.7. The van der Waals surface area contributed by atoms with E-state index in [2.05, 4.69) is 10.0 Å². The van der Waals surface area contributed by atoms with Gasteiger partial charge in [-0.25, -0.2) is 0 Å². The molecule has 0 spiro atoms. The summed E-state index contributed by atoms with van der Waals surface area (Å²) in [6, 6.07) is 6.16. The Morgan fingerprint density at radius 2 is 2.15 bits per heavy atom. The first-order valence-corrected chi connectivity index (χ1v) is 7.20. The molecule has 1 aromatic carbocycles. The molecular formula is C12H15N4O3S-. The maximum Gasteiger partial charge on any atom is 0.251 e. The van der Waals surface area contributed by atoms with Gasteiger partial charge in [-0.3, -0.25) is 9.00 Å². The fourth-order valence-electron chi connectivity index (χ4n) is 1.75. The van der Waals surface area contributed by atoms with E-state index in [0.717, 1.165) is 17.1 Å². The van der Waals surface area contributed by atoms with Crippen LogP contribution in [0.25, 0.3) is 10.4 Å². The first kappa shape index (κ1) is 16.2. The Balaban J connectivity index is 3.10. The lowest BCUT2D eigenvalue weighted by atomic mass is 10.1. The minimum Gasteiger partial charge on any atom is -0.755 e. The van der Waals surface area contributed by atoms with Crippen LogP contribution in [0.2, 0.25) is 0 Å². The maximum absolute atomic E-state index is 11.7. The predicted molar refractivity (Wildman–Crippen MR) is 75.7 cm³/mol. The van der Waals surface area contributed by atoms with Gasteiger partial charge < -0.3 is 8.86 Å². The molecule has 0 aliphatic carbocycles. The minimum absolute atomic E-state index is 0.0750. The van der Waals surface area contributed by atoms with E-state index in [4.69, 9.17) is 5.53 Å². The number of azide groups is 1. The molecular weight excluding hydrogens is 280 g/mol. The van der Waals surface area contributed by atoms with Crippen molar-refractivity contribution in [3.8, 4) is 0 Å². The van der Waals surface area contributed by atoms with Crippen LogP contribution in [0, 0.1) is 0 Å². The van der Waals surface area contributed by atoms with Crippen LogP contribution in [0.15, 0.2) is 29.4 Å². The molecule has 108 valence electrons. The van der Waals surface area contributed by atoms with Crippen molar-refractivity contribution in [2.75, 3.05) is 10.8 Å². The zero-order chi connectivity index (χ0) is 15.0. The fourth-order valence-corrected chi connectivity index (χ4v) is 2.35. The summed E-state index contributed by atoms with van der Waals surface area (Å²) in [5.74, 6) is -0.797. The average molecular weight is 295 g/mol. The van der Waals surface area contributed by atoms with E-state index in [-0.39, 0.29) is 17.8 Å². The molecule has 7 nitrogen and oxygen atoms in total. The lowest BCUT2D eigenvalue weighted by Gasteiger charge is -2.27. The van der Waals surface area contributed by atoms with Crippen LogP contribution < -0.4 is 4.31 Å². The summed E-state index contributed by atoms with van der Waals surface area (Å²) in [5, 5.41) is 3.01. The van der Waals surface area contributed by atoms with Gasteiger partial charge in [0, 0.05) is 28.3 Å². The molecule has 1 amide bonds. The van der Waals surface area contributed by atoms with Crippen molar-refractivity contribution in [3.05, 3.63) is 40.3 Å². The molecule has 0 fully saturated rings. The van der Waals surface area contributed by atoms with Crippen LogP contribution in [0.1, 0.15) is 36.5 Å². The van der Waals surface area contributed by atoms with Gasteiger partial charge in [-0.15, -0.1) is 0 Å². The standard InChI is InChI=1S/C12H16N4O3S/c1-2-3-6-9-16(20(18)19)11-8-5-4-7-10(11)12(17)14-15-13/h4-5,7-8H,2-3,6,9H2,1H3,(H,18,19)/p-1. The van der Waals surface area contributed by atoms with E-state index in [9.17, 15) is 13.6 Å². The Kier molecular flexibility index (Phi) is 6.72. The molecule has 0 bridgehead atoms. The van der Waals surface area contributed by atoms with Crippen molar-refractivity contribution < 1.29 is 13.6 Å². The number of nitrogens with zero attached hydrogens (tertiary/aromatic N) is 4. The molecule has 0 aromatic heterocycles. The van der Waals surface area contributed by atoms with Crippen molar-refractivity contribution in [1.29, 1.82) is 0 Å². The van der Waals surface area contributed by atoms with Crippen LogP contribution in [-0.4, -0.2) is 21.2 Å². The summed E-state index contributed by atoms with van der Waals surface area (Å²) in [6.45, 7) is 2.29. The zero-order valence-electron chi connectivity index (χ0n) is 11.1. The van der Waals surface area contributed by atoms with Crippen LogP contribution in [0.4, 0.5) is 5.69 Å². The van der Waals surface area contributed by atoms with Gasteiger partial charge in [-0.2, -0.15) is 0 Å². The topological polar surface area (TPSA) is 109 Å². The highest BCUT2D eigenvalue weighted by atomic mass is 32.2. The lowest BCUT2D eigenvalue weighted by molar-refractivity contribution is 0.100. The fraction of sp³-hybridized carbons (Fsp3) is 0.417. The van der Waals surface area contributed by atoms with E-state index in [1.807, 2.05) is 6.92 Å². The van der Waals surface area contributed by atoms with Gasteiger partial charge in [0.1, 0.15) is 0 Å². The van der Waals surface area contributed by atoms with E-state index < -0.39 is 17.2 Å². The molecule has 0 saturated carbocycles. The lowest BCUT2D eigenvalue weighted by Crippen LogP contribution is -2.28. The molecule has 1 unspecified atom stereocenters. The highest BCUT2D eigenvalue weighted by Gasteiger charge is 2.15. The summed E-state index contributed by atoms with van der Waals surface area (Å²) in [5.41, 5.74) is 8.62. The van der Waals surface area contributed by atoms with Crippen molar-refractivity contribution in [3.63, 3.8) is 0 Å². The van der Waals surface area contributed by atoms with E-state index >= 15 is 0 Å². The van der Waals surface area contributed by atoms with Crippen molar-refractivity contribution in [2.45, 2.75) is 26.2 Å². The predicted octanol–water partition coefficient (Wildman–Crippen LogP) is 2.93. The molecule has 0 saturated heterocycles. The van der Waals surface area contributed by atoms with E-state index in [1.165, 1.54) is 12.1 Å². The quantitative estimate of drug-likeness (QED) is 0.253. The summed E-state index contributed by atoms with van der Waals surface area (Å²) >= 11 is -2.49. The molecule has 0 radical (unpaired) electrons. The molecule has 0 aliphatic rings. The van der Waals surface area contributed by atoms with Crippen molar-refractivity contribution >= 4 is 22.9 Å². The second-order valence-electron chi connectivity index (χ2n) is 4.04. The van der Waals surface area contributed by atoms with Gasteiger partial charge >= 0.3 is 0 Å². The number of benzene rings is 1. The van der Waals surface area contributed by atoms with Gasteiger partial charge in [0.15, 0.2) is 0 Å².